The van der Waals surface area contributed by atoms with Crippen LogP contribution in [0, 0.1) is 0 Å². The number of hydrogen-bond donors (Lipinski definition) is 0. The maximum Gasteiger partial charge on any atom is 0.160 e. The Morgan fingerprint density at radius 3 is 1.98 bits per heavy atom. The molecule has 12 aromatic rings. The largest absolute Gasteiger partial charge is 0.454 e. The Bertz CT molecular complexity index is 3480. The number of hydrogen-bond acceptors (Lipinski definition) is 3. The first-order valence-electron chi connectivity index (χ1n) is 18.6. The molecule has 0 saturated heterocycles. The first kappa shape index (κ1) is 30.1. The van der Waals surface area contributed by atoms with E-state index in [0.717, 1.165) is 110 Å². The van der Waals surface area contributed by atoms with E-state index >= 15 is 0 Å². The molecule has 0 radical (unpaired) electrons. The minimum absolute atomic E-state index is 0.840. The van der Waals surface area contributed by atoms with Crippen LogP contribution >= 0.6 is 0 Å². The van der Waals surface area contributed by atoms with Gasteiger partial charge in [-0.1, -0.05) is 140 Å². The first-order chi connectivity index (χ1) is 27.3. The Labute approximate surface area is 315 Å². The number of rotatable bonds is 4. The summed E-state index contributed by atoms with van der Waals surface area (Å²) in [5.41, 5.74) is 14.1. The third kappa shape index (κ3) is 4.43. The van der Waals surface area contributed by atoms with E-state index in [9.17, 15) is 0 Å². The SMILES string of the molecule is c1ccc(-c2nc3ccccc3cc2-c2ccc(-c3cccc4oc5c(-n6c7ccccc7c7ccc8c9ccccc9oc8c76)cccc5c34)cc2)cc1. The molecule has 256 valence electrons. The average molecular weight is 703 g/mol. The van der Waals surface area contributed by atoms with Gasteiger partial charge in [0.1, 0.15) is 11.2 Å². The molecule has 4 heteroatoms. The lowest BCUT2D eigenvalue weighted by Crippen LogP contribution is -1.94. The molecule has 4 aromatic heterocycles. The highest BCUT2D eigenvalue weighted by atomic mass is 16.3. The van der Waals surface area contributed by atoms with Gasteiger partial charge in [0.25, 0.3) is 0 Å². The fourth-order valence-corrected chi connectivity index (χ4v) is 8.71. The molecule has 0 fully saturated rings. The number of pyridine rings is 1. The molecule has 55 heavy (non-hydrogen) atoms. The van der Waals surface area contributed by atoms with E-state index in [0.29, 0.717) is 0 Å². The highest BCUT2D eigenvalue weighted by Crippen LogP contribution is 2.44. The summed E-state index contributed by atoms with van der Waals surface area (Å²) in [6.45, 7) is 0. The zero-order chi connectivity index (χ0) is 36.0. The van der Waals surface area contributed by atoms with Gasteiger partial charge in [0, 0.05) is 48.8 Å². The minimum Gasteiger partial charge on any atom is -0.454 e. The van der Waals surface area contributed by atoms with E-state index in [4.69, 9.17) is 13.8 Å². The summed E-state index contributed by atoms with van der Waals surface area (Å²) in [5.74, 6) is 0. The molecule has 8 aromatic carbocycles. The lowest BCUT2D eigenvalue weighted by atomic mass is 9.94. The molecule has 0 N–H and O–H groups in total. The maximum absolute atomic E-state index is 6.88. The van der Waals surface area contributed by atoms with Crippen LogP contribution in [0.5, 0.6) is 0 Å². The summed E-state index contributed by atoms with van der Waals surface area (Å²) < 4.78 is 15.9. The minimum atomic E-state index is 0.840. The van der Waals surface area contributed by atoms with Gasteiger partial charge in [0.05, 0.1) is 27.9 Å². The Hall–Kier alpha value is -7.43. The van der Waals surface area contributed by atoms with Gasteiger partial charge in [-0.15, -0.1) is 0 Å². The summed E-state index contributed by atoms with van der Waals surface area (Å²) in [4.78, 5) is 5.15. The van der Waals surface area contributed by atoms with Gasteiger partial charge < -0.3 is 13.4 Å². The predicted molar refractivity (Wildman–Crippen MR) is 227 cm³/mol. The van der Waals surface area contributed by atoms with Crippen molar-refractivity contribution in [2.45, 2.75) is 0 Å². The Morgan fingerprint density at radius 2 is 1.09 bits per heavy atom. The van der Waals surface area contributed by atoms with Gasteiger partial charge in [0.2, 0.25) is 0 Å². The standard InChI is InChI=1S/C51H30N2O2/c1-2-12-33(13-3-1)48-41(30-34-14-4-7-19-42(34)52-48)32-26-24-31(25-27-32)35-17-11-23-46-47(35)40-18-10-21-44(50(40)55-46)53-43-20-8-5-15-36(43)38-28-29-39-37-16-6-9-22-45(37)54-51(39)49(38)53/h1-30H. The van der Waals surface area contributed by atoms with E-state index in [-0.39, 0.29) is 0 Å². The van der Waals surface area contributed by atoms with Gasteiger partial charge in [-0.25, -0.2) is 4.98 Å². The molecule has 0 aliphatic rings. The van der Waals surface area contributed by atoms with Crippen molar-refractivity contribution >= 4 is 76.6 Å². The second-order valence-corrected chi connectivity index (χ2v) is 14.2. The topological polar surface area (TPSA) is 44.1 Å². The molecule has 0 aliphatic heterocycles. The number of para-hydroxylation sites is 4. The van der Waals surface area contributed by atoms with E-state index in [1.165, 1.54) is 5.39 Å². The molecule has 0 spiro atoms. The molecule has 12 rings (SSSR count). The number of fused-ring (bicyclic) bond motifs is 11. The highest BCUT2D eigenvalue weighted by Gasteiger charge is 2.22. The van der Waals surface area contributed by atoms with Crippen molar-refractivity contribution < 1.29 is 8.83 Å². The molecule has 0 aliphatic carbocycles. The van der Waals surface area contributed by atoms with Crippen LogP contribution < -0.4 is 0 Å². The Balaban J connectivity index is 1.05. The van der Waals surface area contributed by atoms with Gasteiger partial charge >= 0.3 is 0 Å². The molecule has 0 amide bonds. The van der Waals surface area contributed by atoms with E-state index in [2.05, 4.69) is 162 Å². The fraction of sp³-hybridized carbons (Fsp3) is 0. The Kier molecular flexibility index (Phi) is 6.31. The monoisotopic (exact) mass is 702 g/mol. The second-order valence-electron chi connectivity index (χ2n) is 14.2. The number of benzene rings is 8. The normalized spacial score (nSPS) is 12.0. The van der Waals surface area contributed by atoms with Crippen molar-refractivity contribution in [3.8, 4) is 39.2 Å². The van der Waals surface area contributed by atoms with E-state index in [1.54, 1.807) is 0 Å². The van der Waals surface area contributed by atoms with Crippen molar-refractivity contribution in [2.24, 2.45) is 0 Å². The highest BCUT2D eigenvalue weighted by molar-refractivity contribution is 6.22. The van der Waals surface area contributed by atoms with Crippen LogP contribution in [0.2, 0.25) is 0 Å². The molecular weight excluding hydrogens is 673 g/mol. The average Bonchev–Trinajstić information content (AvgIpc) is 3.93. The van der Waals surface area contributed by atoms with Crippen molar-refractivity contribution in [2.75, 3.05) is 0 Å². The van der Waals surface area contributed by atoms with Crippen LogP contribution in [0.3, 0.4) is 0 Å². The van der Waals surface area contributed by atoms with Crippen molar-refractivity contribution in [3.63, 3.8) is 0 Å². The van der Waals surface area contributed by atoms with Crippen molar-refractivity contribution in [1.29, 1.82) is 0 Å². The molecule has 0 bridgehead atoms. The smallest absolute Gasteiger partial charge is 0.160 e. The van der Waals surface area contributed by atoms with Crippen molar-refractivity contribution in [1.82, 2.24) is 9.55 Å². The third-order valence-corrected chi connectivity index (χ3v) is 11.2. The molecular formula is C51H30N2O2. The molecule has 0 atom stereocenters. The number of furan rings is 2. The van der Waals surface area contributed by atoms with Crippen LogP contribution in [0.25, 0.3) is 116 Å². The lowest BCUT2D eigenvalue weighted by molar-refractivity contribution is 0.665. The van der Waals surface area contributed by atoms with E-state index in [1.807, 2.05) is 24.3 Å². The van der Waals surface area contributed by atoms with Crippen LogP contribution in [0.1, 0.15) is 0 Å². The number of aromatic nitrogens is 2. The quantitative estimate of drug-likeness (QED) is 0.183. The molecule has 0 unspecified atom stereocenters. The zero-order valence-corrected chi connectivity index (χ0v) is 29.5. The zero-order valence-electron chi connectivity index (χ0n) is 29.5. The molecule has 4 nitrogen and oxygen atoms in total. The summed E-state index contributed by atoms with van der Waals surface area (Å²) in [6.07, 6.45) is 0. The summed E-state index contributed by atoms with van der Waals surface area (Å²) in [7, 11) is 0. The van der Waals surface area contributed by atoms with Crippen molar-refractivity contribution in [3.05, 3.63) is 182 Å². The van der Waals surface area contributed by atoms with E-state index < -0.39 is 0 Å². The van der Waals surface area contributed by atoms with Crippen LogP contribution in [0.15, 0.2) is 191 Å². The fourth-order valence-electron chi connectivity index (χ4n) is 8.71. The summed E-state index contributed by atoms with van der Waals surface area (Å²) in [6, 6.07) is 64.1. The van der Waals surface area contributed by atoms with Gasteiger partial charge in [-0.3, -0.25) is 0 Å². The number of nitrogens with zero attached hydrogens (tertiary/aromatic N) is 2. The Morgan fingerprint density at radius 1 is 0.418 bits per heavy atom. The lowest BCUT2D eigenvalue weighted by Gasteiger charge is -2.12. The molecule has 0 saturated carbocycles. The van der Waals surface area contributed by atoms with Gasteiger partial charge in [-0.2, -0.15) is 0 Å². The summed E-state index contributed by atoms with van der Waals surface area (Å²) >= 11 is 0. The summed E-state index contributed by atoms with van der Waals surface area (Å²) in [5, 5.41) is 7.82. The third-order valence-electron chi connectivity index (χ3n) is 11.2. The predicted octanol–water partition coefficient (Wildman–Crippen LogP) is 14.1. The van der Waals surface area contributed by atoms with Gasteiger partial charge in [-0.05, 0) is 59.2 Å². The first-order valence-corrected chi connectivity index (χ1v) is 18.6. The van der Waals surface area contributed by atoms with Crippen LogP contribution in [-0.4, -0.2) is 9.55 Å². The van der Waals surface area contributed by atoms with Crippen LogP contribution in [-0.2, 0) is 0 Å². The van der Waals surface area contributed by atoms with Crippen LogP contribution in [0.4, 0.5) is 0 Å². The van der Waals surface area contributed by atoms with Gasteiger partial charge in [0.15, 0.2) is 11.2 Å². The molecule has 4 heterocycles. The second kappa shape index (κ2) is 11.5. The maximum atomic E-state index is 6.88.